The summed E-state index contributed by atoms with van der Waals surface area (Å²) in [7, 11) is 0. The molecule has 1 aliphatic rings. The predicted octanol–water partition coefficient (Wildman–Crippen LogP) is 5.10. The van der Waals surface area contributed by atoms with Crippen molar-refractivity contribution in [2.45, 2.75) is 26.2 Å². The molecule has 222 valence electrons. The summed E-state index contributed by atoms with van der Waals surface area (Å²) < 4.78 is 23.2. The molecule has 0 saturated carbocycles. The van der Waals surface area contributed by atoms with Gasteiger partial charge in [0.25, 0.3) is 11.5 Å². The number of carbonyl (C=O) groups is 1. The molecule has 11 heteroatoms. The van der Waals surface area contributed by atoms with E-state index in [9.17, 15) is 14.9 Å². The lowest BCUT2D eigenvalue weighted by Crippen LogP contribution is -2.40. The quantitative estimate of drug-likeness (QED) is 0.302. The van der Waals surface area contributed by atoms with Gasteiger partial charge in [0, 0.05) is 29.7 Å². The largest absolute Gasteiger partial charge is 0.378 e. The maximum Gasteiger partial charge on any atom is 0.282 e. The fraction of sp³-hybridized carbons (Fsp3) is 0.242. The zero-order valence-electron chi connectivity index (χ0n) is 24.5. The van der Waals surface area contributed by atoms with Crippen molar-refractivity contribution in [3.63, 3.8) is 0 Å². The molecule has 2 aromatic heterocycles. The van der Waals surface area contributed by atoms with E-state index in [1.54, 1.807) is 65.7 Å². The molecule has 0 atom stereocenters. The van der Waals surface area contributed by atoms with Gasteiger partial charge < -0.3 is 15.0 Å². The van der Waals surface area contributed by atoms with E-state index in [4.69, 9.17) is 4.74 Å². The number of hydrogen-bond donors (Lipinski definition) is 1. The topological polar surface area (TPSA) is 118 Å². The number of halogens is 1. The fourth-order valence-electron chi connectivity index (χ4n) is 5.08. The Labute approximate surface area is 252 Å². The molecule has 44 heavy (non-hydrogen) atoms. The van der Waals surface area contributed by atoms with Gasteiger partial charge >= 0.3 is 0 Å². The molecule has 1 amide bonds. The first-order chi connectivity index (χ1) is 21.1. The molecule has 0 bridgehead atoms. The van der Waals surface area contributed by atoms with Gasteiger partial charge in [-0.15, -0.1) is 5.10 Å². The van der Waals surface area contributed by atoms with Crippen LogP contribution in [0.4, 0.5) is 15.9 Å². The minimum Gasteiger partial charge on any atom is -0.378 e. The first-order valence-corrected chi connectivity index (χ1v) is 14.2. The van der Waals surface area contributed by atoms with Crippen LogP contribution in [0.3, 0.4) is 0 Å². The van der Waals surface area contributed by atoms with Crippen molar-refractivity contribution in [1.82, 2.24) is 24.5 Å². The number of hydrogen-bond acceptors (Lipinski definition) is 7. The van der Waals surface area contributed by atoms with Crippen molar-refractivity contribution in [2.75, 3.05) is 31.6 Å². The number of aromatic nitrogens is 4. The average Bonchev–Trinajstić information content (AvgIpc) is 3.44. The van der Waals surface area contributed by atoms with Crippen LogP contribution < -0.4 is 10.9 Å². The number of amides is 1. The molecule has 5 aromatic rings. The number of carbonyl (C=O) groups excluding carboxylic acids is 1. The second kappa shape index (κ2) is 11.4. The molecular weight excluding hydrogens is 561 g/mol. The Hall–Kier alpha value is -5.34. The third-order valence-corrected chi connectivity index (χ3v) is 7.57. The zero-order chi connectivity index (χ0) is 31.0. The summed E-state index contributed by atoms with van der Waals surface area (Å²) in [5.41, 5.74) is 2.40. The van der Waals surface area contributed by atoms with Gasteiger partial charge in [-0.25, -0.2) is 9.07 Å². The molecular formula is C33H30FN7O3. The van der Waals surface area contributed by atoms with Crippen LogP contribution in [0.25, 0.3) is 22.1 Å². The summed E-state index contributed by atoms with van der Waals surface area (Å²) >= 11 is 0. The van der Waals surface area contributed by atoms with Gasteiger partial charge in [0.05, 0.1) is 42.4 Å². The predicted molar refractivity (Wildman–Crippen MR) is 164 cm³/mol. The fourth-order valence-corrected chi connectivity index (χ4v) is 5.08. The lowest BCUT2D eigenvalue weighted by Gasteiger charge is -2.26. The molecule has 6 rings (SSSR count). The highest BCUT2D eigenvalue weighted by molar-refractivity contribution is 5.94. The number of benzene rings is 3. The number of fused-ring (bicyclic) bond motifs is 1. The van der Waals surface area contributed by atoms with Crippen molar-refractivity contribution in [3.05, 3.63) is 106 Å². The molecule has 0 radical (unpaired) electrons. The summed E-state index contributed by atoms with van der Waals surface area (Å²) in [5, 5.41) is 22.2. The Morgan fingerprint density at radius 3 is 2.48 bits per heavy atom. The Balaban J connectivity index is 1.27. The van der Waals surface area contributed by atoms with Crippen molar-refractivity contribution in [1.29, 1.82) is 5.26 Å². The summed E-state index contributed by atoms with van der Waals surface area (Å²) in [6.45, 7) is 8.11. The van der Waals surface area contributed by atoms with Gasteiger partial charge in [-0.1, -0.05) is 26.8 Å². The molecule has 1 saturated heterocycles. The Kier molecular flexibility index (Phi) is 7.45. The van der Waals surface area contributed by atoms with Crippen molar-refractivity contribution >= 4 is 28.2 Å². The number of anilines is 2. The highest BCUT2D eigenvalue weighted by Gasteiger charge is 2.20. The minimum atomic E-state index is -0.593. The van der Waals surface area contributed by atoms with Gasteiger partial charge in [-0.05, 0) is 65.6 Å². The first kappa shape index (κ1) is 28.8. The molecule has 0 aliphatic carbocycles. The van der Waals surface area contributed by atoms with E-state index in [0.717, 1.165) is 10.2 Å². The number of ether oxygens (including phenoxy) is 1. The van der Waals surface area contributed by atoms with E-state index < -0.39 is 11.4 Å². The number of rotatable bonds is 5. The maximum absolute atomic E-state index is 15.2. The monoisotopic (exact) mass is 591 g/mol. The highest BCUT2D eigenvalue weighted by atomic mass is 19.1. The van der Waals surface area contributed by atoms with E-state index in [1.807, 2.05) is 20.8 Å². The van der Waals surface area contributed by atoms with Crippen molar-refractivity contribution < 1.29 is 13.9 Å². The normalized spacial score (nSPS) is 13.6. The van der Waals surface area contributed by atoms with Crippen LogP contribution in [0.15, 0.2) is 77.9 Å². The third-order valence-electron chi connectivity index (χ3n) is 7.57. The standard InChI is InChI=1S/C33H30FN7O3/c1-33(2,3)24-15-22-19-36-41(32(43)29(22)28(34)16-24)27-6-4-5-26(17-27)40-20-23(18-35)30(38-40)37-25-9-7-21(8-10-25)31(42)39-11-13-44-14-12-39/h4-10,15-17,19-20H,11-14H2,1-3H3,(H,37,38). The second-order valence-corrected chi connectivity index (χ2v) is 11.6. The highest BCUT2D eigenvalue weighted by Crippen LogP contribution is 2.27. The average molecular weight is 592 g/mol. The first-order valence-electron chi connectivity index (χ1n) is 14.2. The van der Waals surface area contributed by atoms with Crippen LogP contribution in [0.1, 0.15) is 42.3 Å². The Morgan fingerprint density at radius 2 is 1.77 bits per heavy atom. The van der Waals surface area contributed by atoms with Gasteiger partial charge in [0.1, 0.15) is 17.4 Å². The number of nitriles is 1. The lowest BCUT2D eigenvalue weighted by atomic mass is 9.86. The molecule has 1 fully saturated rings. The van der Waals surface area contributed by atoms with E-state index in [2.05, 4.69) is 21.6 Å². The summed E-state index contributed by atoms with van der Waals surface area (Å²) in [5.74, 6) is -0.327. The van der Waals surface area contributed by atoms with Crippen LogP contribution in [-0.4, -0.2) is 56.7 Å². The molecule has 10 nitrogen and oxygen atoms in total. The zero-order valence-corrected chi connectivity index (χ0v) is 24.5. The Bertz CT molecular complexity index is 1980. The maximum atomic E-state index is 15.2. The van der Waals surface area contributed by atoms with Crippen LogP contribution in [0.2, 0.25) is 0 Å². The summed E-state index contributed by atoms with van der Waals surface area (Å²) in [6.07, 6.45) is 3.06. The van der Waals surface area contributed by atoms with Crippen molar-refractivity contribution in [2.24, 2.45) is 0 Å². The molecule has 3 heterocycles. The lowest BCUT2D eigenvalue weighted by molar-refractivity contribution is 0.0303. The minimum absolute atomic E-state index is 0.0339. The van der Waals surface area contributed by atoms with Crippen LogP contribution >= 0.6 is 0 Å². The van der Waals surface area contributed by atoms with Crippen LogP contribution in [0, 0.1) is 17.1 Å². The van der Waals surface area contributed by atoms with E-state index in [-0.39, 0.29) is 16.7 Å². The SMILES string of the molecule is CC(C)(C)c1cc(F)c2c(=O)n(-c3cccc(-n4cc(C#N)c(Nc5ccc(C(=O)N6CCOCC6)cc5)n4)c3)ncc2c1. The van der Waals surface area contributed by atoms with Gasteiger partial charge in [-0.3, -0.25) is 9.59 Å². The van der Waals surface area contributed by atoms with Crippen LogP contribution in [-0.2, 0) is 10.2 Å². The van der Waals surface area contributed by atoms with Crippen LogP contribution in [0.5, 0.6) is 0 Å². The molecule has 0 unspecified atom stereocenters. The second-order valence-electron chi connectivity index (χ2n) is 11.6. The molecule has 0 spiro atoms. The van der Waals surface area contributed by atoms with E-state index in [1.165, 1.54) is 16.9 Å². The number of nitrogens with one attached hydrogen (secondary N) is 1. The van der Waals surface area contributed by atoms with Gasteiger partial charge in [-0.2, -0.15) is 15.0 Å². The van der Waals surface area contributed by atoms with Crippen molar-refractivity contribution in [3.8, 4) is 17.4 Å². The van der Waals surface area contributed by atoms with E-state index >= 15 is 4.39 Å². The smallest absolute Gasteiger partial charge is 0.282 e. The number of nitrogens with zero attached hydrogens (tertiary/aromatic N) is 6. The summed E-state index contributed by atoms with van der Waals surface area (Å²) in [6, 6.07) is 19.2. The Morgan fingerprint density at radius 1 is 1.05 bits per heavy atom. The van der Waals surface area contributed by atoms with Gasteiger partial charge in [0.15, 0.2) is 5.82 Å². The third kappa shape index (κ3) is 5.55. The summed E-state index contributed by atoms with van der Waals surface area (Å²) in [4.78, 5) is 27.9. The molecule has 1 N–H and O–H groups in total. The molecule has 1 aliphatic heterocycles. The number of morpholine rings is 1. The van der Waals surface area contributed by atoms with Gasteiger partial charge in [0.2, 0.25) is 0 Å². The van der Waals surface area contributed by atoms with E-state index in [0.29, 0.717) is 65.7 Å². The molecule has 3 aromatic carbocycles.